The SMILES string of the molecule is Cc1cc2ncnc(NCC3CN(c4ccc(C5CC5)nn4)C3)c2n1C. The highest BCUT2D eigenvalue weighted by atomic mass is 15.3. The van der Waals surface area contributed by atoms with Crippen molar-refractivity contribution in [1.29, 1.82) is 0 Å². The molecular weight excluding hydrogens is 326 g/mol. The molecule has 5 rings (SSSR count). The number of rotatable bonds is 5. The van der Waals surface area contributed by atoms with Crippen LogP contribution in [0.4, 0.5) is 11.6 Å². The van der Waals surface area contributed by atoms with Crippen LogP contribution in [0, 0.1) is 12.8 Å². The fraction of sp³-hybridized carbons (Fsp3) is 0.474. The van der Waals surface area contributed by atoms with Crippen molar-refractivity contribution in [1.82, 2.24) is 24.7 Å². The van der Waals surface area contributed by atoms with Crippen molar-refractivity contribution in [3.8, 4) is 0 Å². The molecule has 1 saturated heterocycles. The summed E-state index contributed by atoms with van der Waals surface area (Å²) in [4.78, 5) is 11.1. The highest BCUT2D eigenvalue weighted by Gasteiger charge is 2.29. The summed E-state index contributed by atoms with van der Waals surface area (Å²) in [6, 6.07) is 6.35. The molecule has 3 aromatic rings. The van der Waals surface area contributed by atoms with Gasteiger partial charge in [-0.05, 0) is 38.0 Å². The monoisotopic (exact) mass is 349 g/mol. The van der Waals surface area contributed by atoms with E-state index in [-0.39, 0.29) is 0 Å². The number of hydrogen-bond acceptors (Lipinski definition) is 6. The molecule has 1 aliphatic carbocycles. The second-order valence-electron chi connectivity index (χ2n) is 7.54. The third-order valence-electron chi connectivity index (χ3n) is 5.57. The Morgan fingerprint density at radius 3 is 2.73 bits per heavy atom. The van der Waals surface area contributed by atoms with Gasteiger partial charge in [-0.25, -0.2) is 9.97 Å². The van der Waals surface area contributed by atoms with E-state index in [1.165, 1.54) is 18.5 Å². The lowest BCUT2D eigenvalue weighted by molar-refractivity contribution is 0.425. The number of nitrogens with zero attached hydrogens (tertiary/aromatic N) is 6. The summed E-state index contributed by atoms with van der Waals surface area (Å²) in [6.45, 7) is 5.00. The van der Waals surface area contributed by atoms with Crippen LogP contribution in [0.2, 0.25) is 0 Å². The lowest BCUT2D eigenvalue weighted by atomic mass is 10.0. The lowest BCUT2D eigenvalue weighted by Gasteiger charge is -2.40. The Morgan fingerprint density at radius 2 is 2.00 bits per heavy atom. The van der Waals surface area contributed by atoms with Crippen LogP contribution in [-0.4, -0.2) is 44.4 Å². The summed E-state index contributed by atoms with van der Waals surface area (Å²) in [5, 5.41) is 12.3. The van der Waals surface area contributed by atoms with Gasteiger partial charge >= 0.3 is 0 Å². The molecule has 0 aromatic carbocycles. The average molecular weight is 349 g/mol. The van der Waals surface area contributed by atoms with Gasteiger partial charge in [-0.1, -0.05) is 0 Å². The maximum absolute atomic E-state index is 4.44. The first-order valence-corrected chi connectivity index (χ1v) is 9.28. The standard InChI is InChI=1S/C19H23N7/c1-12-7-16-18(25(12)2)19(22-11-21-16)20-8-13-9-26(10-13)17-6-5-15(23-24-17)14-3-4-14/h5-7,11,13-14H,3-4,8-10H2,1-2H3,(H,20,21,22). The maximum atomic E-state index is 4.44. The molecule has 0 spiro atoms. The van der Waals surface area contributed by atoms with E-state index < -0.39 is 0 Å². The minimum atomic E-state index is 0.589. The topological polar surface area (TPSA) is 71.8 Å². The molecule has 0 atom stereocenters. The molecule has 0 amide bonds. The summed E-state index contributed by atoms with van der Waals surface area (Å²) < 4.78 is 2.14. The summed E-state index contributed by atoms with van der Waals surface area (Å²) >= 11 is 0. The molecule has 0 bridgehead atoms. The number of aromatic nitrogens is 5. The first-order valence-electron chi connectivity index (χ1n) is 9.28. The van der Waals surface area contributed by atoms with Gasteiger partial charge in [0.15, 0.2) is 11.6 Å². The number of anilines is 2. The molecule has 4 heterocycles. The van der Waals surface area contributed by atoms with Crippen molar-refractivity contribution in [3.63, 3.8) is 0 Å². The summed E-state index contributed by atoms with van der Waals surface area (Å²) in [6.07, 6.45) is 4.17. The highest BCUT2D eigenvalue weighted by molar-refractivity contribution is 5.87. The third-order valence-corrected chi connectivity index (χ3v) is 5.57. The zero-order valence-electron chi connectivity index (χ0n) is 15.2. The van der Waals surface area contributed by atoms with Crippen molar-refractivity contribution >= 4 is 22.7 Å². The summed E-state index contributed by atoms with van der Waals surface area (Å²) in [5.74, 6) is 3.16. The van der Waals surface area contributed by atoms with Gasteiger partial charge in [0.1, 0.15) is 11.8 Å². The second kappa shape index (κ2) is 5.93. The molecule has 0 unspecified atom stereocenters. The Hall–Kier alpha value is -2.70. The number of fused-ring (bicyclic) bond motifs is 1. The van der Waals surface area contributed by atoms with Crippen molar-refractivity contribution in [3.05, 3.63) is 35.9 Å². The van der Waals surface area contributed by atoms with Crippen LogP contribution in [0.15, 0.2) is 24.5 Å². The number of aryl methyl sites for hydroxylation is 2. The fourth-order valence-electron chi connectivity index (χ4n) is 3.66. The Balaban J connectivity index is 1.20. The van der Waals surface area contributed by atoms with Crippen molar-refractivity contribution in [2.45, 2.75) is 25.7 Å². The molecule has 134 valence electrons. The zero-order chi connectivity index (χ0) is 17.7. The second-order valence-corrected chi connectivity index (χ2v) is 7.54. The van der Waals surface area contributed by atoms with Crippen LogP contribution in [-0.2, 0) is 7.05 Å². The molecule has 1 aliphatic heterocycles. The van der Waals surface area contributed by atoms with Crippen LogP contribution < -0.4 is 10.2 Å². The van der Waals surface area contributed by atoms with Crippen LogP contribution in [0.1, 0.15) is 30.1 Å². The maximum Gasteiger partial charge on any atom is 0.154 e. The van der Waals surface area contributed by atoms with Crippen LogP contribution >= 0.6 is 0 Å². The van der Waals surface area contributed by atoms with E-state index in [0.717, 1.165) is 48.0 Å². The van der Waals surface area contributed by atoms with Gasteiger partial charge in [0, 0.05) is 44.2 Å². The first kappa shape index (κ1) is 15.5. The predicted octanol–water partition coefficient (Wildman–Crippen LogP) is 2.49. The Bertz CT molecular complexity index is 936. The van der Waals surface area contributed by atoms with Gasteiger partial charge < -0.3 is 14.8 Å². The molecule has 26 heavy (non-hydrogen) atoms. The molecule has 7 nitrogen and oxygen atoms in total. The molecule has 2 aliphatic rings. The summed E-state index contributed by atoms with van der Waals surface area (Å²) in [5.41, 5.74) is 4.40. The quantitative estimate of drug-likeness (QED) is 0.763. The van der Waals surface area contributed by atoms with Gasteiger partial charge in [-0.3, -0.25) is 0 Å². The van der Waals surface area contributed by atoms with E-state index in [1.54, 1.807) is 6.33 Å². The Labute approximate surface area is 152 Å². The highest BCUT2D eigenvalue weighted by Crippen LogP contribution is 2.39. The largest absolute Gasteiger partial charge is 0.368 e. The van der Waals surface area contributed by atoms with Gasteiger partial charge in [0.05, 0.1) is 11.2 Å². The molecule has 1 N–H and O–H groups in total. The Kier molecular flexibility index (Phi) is 3.55. The number of hydrogen-bond donors (Lipinski definition) is 1. The smallest absolute Gasteiger partial charge is 0.154 e. The average Bonchev–Trinajstić information content (AvgIpc) is 3.41. The van der Waals surface area contributed by atoms with Crippen molar-refractivity contribution < 1.29 is 0 Å². The van der Waals surface area contributed by atoms with Crippen molar-refractivity contribution in [2.75, 3.05) is 29.9 Å². The molecule has 1 saturated carbocycles. The van der Waals surface area contributed by atoms with Crippen LogP contribution in [0.5, 0.6) is 0 Å². The third kappa shape index (κ3) is 2.67. The van der Waals surface area contributed by atoms with Crippen LogP contribution in [0.25, 0.3) is 11.0 Å². The van der Waals surface area contributed by atoms with E-state index in [0.29, 0.717) is 11.8 Å². The van der Waals surface area contributed by atoms with E-state index in [2.05, 4.69) is 67.1 Å². The van der Waals surface area contributed by atoms with Gasteiger partial charge in [0.25, 0.3) is 0 Å². The van der Waals surface area contributed by atoms with Gasteiger partial charge in [0.2, 0.25) is 0 Å². The van der Waals surface area contributed by atoms with Crippen LogP contribution in [0.3, 0.4) is 0 Å². The van der Waals surface area contributed by atoms with E-state index >= 15 is 0 Å². The molecule has 3 aromatic heterocycles. The predicted molar refractivity (Wildman–Crippen MR) is 101 cm³/mol. The molecule has 7 heteroatoms. The van der Waals surface area contributed by atoms with Gasteiger partial charge in [-0.15, -0.1) is 5.10 Å². The Morgan fingerprint density at radius 1 is 1.15 bits per heavy atom. The lowest BCUT2D eigenvalue weighted by Crippen LogP contribution is -2.50. The minimum absolute atomic E-state index is 0.589. The number of nitrogens with one attached hydrogen (secondary N) is 1. The molecular formula is C19H23N7. The fourth-order valence-corrected chi connectivity index (χ4v) is 3.66. The van der Waals surface area contributed by atoms with E-state index in [1.807, 2.05) is 0 Å². The first-order chi connectivity index (χ1) is 12.7. The molecule has 2 fully saturated rings. The molecule has 0 radical (unpaired) electrons. The van der Waals surface area contributed by atoms with Gasteiger partial charge in [-0.2, -0.15) is 5.10 Å². The van der Waals surface area contributed by atoms with Crippen molar-refractivity contribution in [2.24, 2.45) is 13.0 Å². The van der Waals surface area contributed by atoms with E-state index in [4.69, 9.17) is 0 Å². The normalized spacial score (nSPS) is 17.5. The van der Waals surface area contributed by atoms with E-state index in [9.17, 15) is 0 Å². The summed E-state index contributed by atoms with van der Waals surface area (Å²) in [7, 11) is 2.06. The minimum Gasteiger partial charge on any atom is -0.368 e. The zero-order valence-corrected chi connectivity index (χ0v) is 15.2.